The van der Waals surface area contributed by atoms with Crippen LogP contribution in [0, 0.1) is 0 Å². The van der Waals surface area contributed by atoms with Crippen molar-refractivity contribution in [1.82, 2.24) is 0 Å². The molecule has 0 aromatic heterocycles. The van der Waals surface area contributed by atoms with Gasteiger partial charge >= 0.3 is 0 Å². The Morgan fingerprint density at radius 1 is 1.39 bits per heavy atom. The Kier molecular flexibility index (Phi) is 4.19. The molecule has 1 unspecified atom stereocenters. The zero-order valence-corrected chi connectivity index (χ0v) is 9.69. The summed E-state index contributed by atoms with van der Waals surface area (Å²) in [7, 11) is 0. The van der Waals surface area contributed by atoms with E-state index in [-0.39, 0.29) is 19.3 Å². The normalized spacial score (nSPS) is 27.7. The molecule has 96 valence electrons. The molecule has 5 nitrogen and oxygen atoms in total. The average Bonchev–Trinajstić information content (AvgIpc) is 2.42. The SMILES string of the molecule is O=CC(=O)C[C@@H]1OC(c2ccccc2)OC[C@H]1O. The number of hydrogen-bond acceptors (Lipinski definition) is 5. The van der Waals surface area contributed by atoms with E-state index in [2.05, 4.69) is 0 Å². The largest absolute Gasteiger partial charge is 0.388 e. The highest BCUT2D eigenvalue weighted by Gasteiger charge is 2.32. The van der Waals surface area contributed by atoms with Crippen molar-refractivity contribution >= 4 is 12.1 Å². The molecule has 0 radical (unpaired) electrons. The topological polar surface area (TPSA) is 72.8 Å². The number of carbonyl (C=O) groups is 2. The monoisotopic (exact) mass is 250 g/mol. The second-order valence-corrected chi connectivity index (χ2v) is 4.11. The van der Waals surface area contributed by atoms with E-state index < -0.39 is 24.3 Å². The third kappa shape index (κ3) is 3.01. The number of ketones is 1. The van der Waals surface area contributed by atoms with Crippen LogP contribution in [-0.4, -0.2) is 36.0 Å². The van der Waals surface area contributed by atoms with Crippen molar-refractivity contribution in [3.05, 3.63) is 35.9 Å². The van der Waals surface area contributed by atoms with Gasteiger partial charge in [0, 0.05) is 12.0 Å². The van der Waals surface area contributed by atoms with Crippen molar-refractivity contribution in [3.8, 4) is 0 Å². The zero-order chi connectivity index (χ0) is 13.0. The van der Waals surface area contributed by atoms with Gasteiger partial charge in [0.25, 0.3) is 0 Å². The lowest BCUT2D eigenvalue weighted by Gasteiger charge is -2.33. The summed E-state index contributed by atoms with van der Waals surface area (Å²) in [6.45, 7) is 0.0797. The van der Waals surface area contributed by atoms with Crippen LogP contribution < -0.4 is 0 Å². The molecule has 1 saturated heterocycles. The summed E-state index contributed by atoms with van der Waals surface area (Å²) in [6.07, 6.45) is -2.10. The standard InChI is InChI=1S/C13H14O5/c14-7-10(15)6-12-11(16)8-17-13(18-12)9-4-2-1-3-5-9/h1-5,7,11-13,16H,6,8H2/t11-,12+,13?/m1/s1. The van der Waals surface area contributed by atoms with Crippen molar-refractivity contribution in [1.29, 1.82) is 0 Å². The second-order valence-electron chi connectivity index (χ2n) is 4.11. The third-order valence-corrected chi connectivity index (χ3v) is 2.75. The highest BCUT2D eigenvalue weighted by Crippen LogP contribution is 2.27. The molecule has 0 aliphatic carbocycles. The predicted molar refractivity (Wildman–Crippen MR) is 61.7 cm³/mol. The number of carbonyl (C=O) groups excluding carboxylic acids is 2. The molecule has 1 aromatic rings. The summed E-state index contributed by atoms with van der Waals surface area (Å²) in [5.41, 5.74) is 0.813. The Bertz CT molecular complexity index is 417. The van der Waals surface area contributed by atoms with Crippen LogP contribution in [0.4, 0.5) is 0 Å². The van der Waals surface area contributed by atoms with Crippen molar-refractivity contribution in [2.75, 3.05) is 6.61 Å². The smallest absolute Gasteiger partial charge is 0.197 e. The minimum atomic E-state index is -0.895. The van der Waals surface area contributed by atoms with Gasteiger partial charge in [-0.25, -0.2) is 0 Å². The lowest BCUT2D eigenvalue weighted by Crippen LogP contribution is -2.41. The summed E-state index contributed by atoms with van der Waals surface area (Å²) < 4.78 is 10.9. The fourth-order valence-electron chi connectivity index (χ4n) is 1.80. The Balaban J connectivity index is 2.04. The quantitative estimate of drug-likeness (QED) is 0.626. The van der Waals surface area contributed by atoms with Crippen molar-refractivity contribution < 1.29 is 24.2 Å². The molecule has 1 N–H and O–H groups in total. The second kappa shape index (κ2) is 5.86. The molecular formula is C13H14O5. The molecular weight excluding hydrogens is 236 g/mol. The first-order valence-corrected chi connectivity index (χ1v) is 5.69. The number of aliphatic hydroxyl groups is 1. The molecule has 2 rings (SSSR count). The Morgan fingerprint density at radius 2 is 2.11 bits per heavy atom. The third-order valence-electron chi connectivity index (χ3n) is 2.75. The molecule has 0 bridgehead atoms. The number of benzene rings is 1. The summed E-state index contributed by atoms with van der Waals surface area (Å²) in [5, 5.41) is 9.66. The summed E-state index contributed by atoms with van der Waals surface area (Å²) in [4.78, 5) is 21.4. The van der Waals surface area contributed by atoms with Gasteiger partial charge in [0.2, 0.25) is 0 Å². The number of aldehydes is 1. The molecule has 1 fully saturated rings. The Morgan fingerprint density at radius 3 is 2.78 bits per heavy atom. The van der Waals surface area contributed by atoms with E-state index in [0.717, 1.165) is 5.56 Å². The minimum absolute atomic E-state index is 0.0797. The van der Waals surface area contributed by atoms with Crippen LogP contribution in [0.5, 0.6) is 0 Å². The molecule has 18 heavy (non-hydrogen) atoms. The summed E-state index contributed by atoms with van der Waals surface area (Å²) >= 11 is 0. The van der Waals surface area contributed by atoms with Crippen molar-refractivity contribution in [3.63, 3.8) is 0 Å². The van der Waals surface area contributed by atoms with Gasteiger partial charge in [0.1, 0.15) is 6.10 Å². The molecule has 0 saturated carbocycles. The van der Waals surface area contributed by atoms with Gasteiger partial charge in [-0.15, -0.1) is 0 Å². The van der Waals surface area contributed by atoms with Crippen LogP contribution in [0.1, 0.15) is 18.3 Å². The fraction of sp³-hybridized carbons (Fsp3) is 0.385. The average molecular weight is 250 g/mol. The first-order chi connectivity index (χ1) is 8.70. The zero-order valence-electron chi connectivity index (χ0n) is 9.69. The van der Waals surface area contributed by atoms with Gasteiger partial charge in [-0.3, -0.25) is 9.59 Å². The maximum absolute atomic E-state index is 11.1. The van der Waals surface area contributed by atoms with E-state index in [1.165, 1.54) is 0 Å². The number of Topliss-reactive ketones (excluding diaryl/α,β-unsaturated/α-hetero) is 1. The number of rotatable bonds is 4. The molecule has 5 heteroatoms. The number of ether oxygens (including phenoxy) is 2. The Labute approximate surface area is 104 Å². The van der Waals surface area contributed by atoms with E-state index in [1.807, 2.05) is 30.3 Å². The lowest BCUT2D eigenvalue weighted by atomic mass is 10.1. The fourth-order valence-corrected chi connectivity index (χ4v) is 1.80. The predicted octanol–water partition coefficient (Wildman–Crippen LogP) is 0.620. The van der Waals surface area contributed by atoms with Crippen molar-refractivity contribution in [2.45, 2.75) is 24.9 Å². The van der Waals surface area contributed by atoms with Crippen LogP contribution in [0.15, 0.2) is 30.3 Å². The maximum atomic E-state index is 11.1. The molecule has 0 amide bonds. The van der Waals surface area contributed by atoms with Crippen LogP contribution in [0.2, 0.25) is 0 Å². The minimum Gasteiger partial charge on any atom is -0.388 e. The number of hydrogen-bond donors (Lipinski definition) is 1. The van der Waals surface area contributed by atoms with Gasteiger partial charge < -0.3 is 14.6 Å². The maximum Gasteiger partial charge on any atom is 0.197 e. The van der Waals surface area contributed by atoms with Gasteiger partial charge in [-0.05, 0) is 0 Å². The van der Waals surface area contributed by atoms with E-state index in [4.69, 9.17) is 9.47 Å². The summed E-state index contributed by atoms with van der Waals surface area (Å²) in [5.74, 6) is -0.590. The van der Waals surface area contributed by atoms with Crippen LogP contribution >= 0.6 is 0 Å². The lowest BCUT2D eigenvalue weighted by molar-refractivity contribution is -0.256. The van der Waals surface area contributed by atoms with E-state index >= 15 is 0 Å². The van der Waals surface area contributed by atoms with E-state index in [9.17, 15) is 14.7 Å². The number of aliphatic hydroxyl groups excluding tert-OH is 1. The summed E-state index contributed by atoms with van der Waals surface area (Å²) in [6, 6.07) is 9.23. The van der Waals surface area contributed by atoms with E-state index in [0.29, 0.717) is 0 Å². The van der Waals surface area contributed by atoms with Crippen molar-refractivity contribution in [2.24, 2.45) is 0 Å². The Hall–Kier alpha value is -1.56. The molecule has 0 spiro atoms. The first-order valence-electron chi connectivity index (χ1n) is 5.69. The van der Waals surface area contributed by atoms with Gasteiger partial charge in [-0.2, -0.15) is 0 Å². The van der Waals surface area contributed by atoms with Crippen LogP contribution in [0.3, 0.4) is 0 Å². The highest BCUT2D eigenvalue weighted by atomic mass is 16.7. The van der Waals surface area contributed by atoms with Crippen LogP contribution in [0.25, 0.3) is 0 Å². The molecule has 1 aliphatic rings. The van der Waals surface area contributed by atoms with E-state index in [1.54, 1.807) is 0 Å². The molecule has 1 aromatic carbocycles. The first kappa shape index (κ1) is 12.9. The molecule has 1 heterocycles. The molecule has 1 aliphatic heterocycles. The van der Waals surface area contributed by atoms with Crippen LogP contribution in [-0.2, 0) is 19.1 Å². The van der Waals surface area contributed by atoms with Gasteiger partial charge in [0.05, 0.1) is 12.7 Å². The molecule has 3 atom stereocenters. The van der Waals surface area contributed by atoms with Gasteiger partial charge in [0.15, 0.2) is 18.4 Å². The van der Waals surface area contributed by atoms with Gasteiger partial charge in [-0.1, -0.05) is 30.3 Å². The highest BCUT2D eigenvalue weighted by molar-refractivity contribution is 6.25.